The molecule has 17 atom stereocenters. The number of nitrogens with one attached hydrogen (secondary N) is 1. The van der Waals surface area contributed by atoms with Crippen molar-refractivity contribution in [2.75, 3.05) is 26.4 Å². The first-order valence-electron chi connectivity index (χ1n) is 27.1. The zero-order chi connectivity index (χ0) is 52.0. The van der Waals surface area contributed by atoms with E-state index in [0.29, 0.717) is 12.8 Å². The van der Waals surface area contributed by atoms with Gasteiger partial charge in [0, 0.05) is 6.42 Å². The molecule has 12 N–H and O–H groups in total. The average Bonchev–Trinajstić information content (AvgIpc) is 3.36. The molecule has 3 rings (SSSR count). The van der Waals surface area contributed by atoms with Crippen molar-refractivity contribution in [1.82, 2.24) is 5.32 Å². The first kappa shape index (κ1) is 63.6. The van der Waals surface area contributed by atoms with Crippen molar-refractivity contribution in [1.29, 1.82) is 0 Å². The summed E-state index contributed by atoms with van der Waals surface area (Å²) in [5.41, 5.74) is 0. The van der Waals surface area contributed by atoms with Crippen molar-refractivity contribution in [3.05, 3.63) is 24.3 Å². The maximum atomic E-state index is 13.1. The molecule has 19 heteroatoms. The van der Waals surface area contributed by atoms with Crippen LogP contribution in [0.25, 0.3) is 0 Å². The SMILES string of the molecule is CCC/C=C/C(O)C(COC1OC(CO)C(OC2OC(CO)C(OC3OC(CO)C(O)C(O)C3O)C(O)C2O)C(O)C1O)NC(=O)CCCCCCCCCCCCC/C=C\CCCCCCCCCC. The molecule has 0 aromatic rings. The summed E-state index contributed by atoms with van der Waals surface area (Å²) in [6.07, 6.45) is 8.83. The molecule has 19 nitrogen and oxygen atoms in total. The highest BCUT2D eigenvalue weighted by Gasteiger charge is 2.53. The van der Waals surface area contributed by atoms with E-state index in [0.717, 1.165) is 25.7 Å². The molecule has 3 heterocycles. The smallest absolute Gasteiger partial charge is 0.220 e. The zero-order valence-corrected chi connectivity index (χ0v) is 42.7. The van der Waals surface area contributed by atoms with Gasteiger partial charge in [0.1, 0.15) is 73.2 Å². The zero-order valence-electron chi connectivity index (χ0n) is 42.7. The lowest BCUT2D eigenvalue weighted by Crippen LogP contribution is -2.66. The maximum Gasteiger partial charge on any atom is 0.220 e. The van der Waals surface area contributed by atoms with Crippen LogP contribution in [0.2, 0.25) is 0 Å². The minimum atomic E-state index is -1.97. The molecule has 1 amide bonds. The van der Waals surface area contributed by atoms with Gasteiger partial charge in [-0.2, -0.15) is 0 Å². The Labute approximate surface area is 422 Å². The molecule has 0 aliphatic carbocycles. The summed E-state index contributed by atoms with van der Waals surface area (Å²) >= 11 is 0. The second-order valence-corrected chi connectivity index (χ2v) is 19.7. The fraction of sp³-hybridized carbons (Fsp3) is 0.904. The summed E-state index contributed by atoms with van der Waals surface area (Å²) in [5.74, 6) is -0.289. The topological polar surface area (TPSA) is 307 Å². The molecule has 0 aromatic carbocycles. The molecule has 0 saturated carbocycles. The van der Waals surface area contributed by atoms with E-state index in [4.69, 9.17) is 28.4 Å². The number of unbranched alkanes of at least 4 members (excludes halogenated alkanes) is 20. The second-order valence-electron chi connectivity index (χ2n) is 19.7. The van der Waals surface area contributed by atoms with Crippen LogP contribution in [-0.4, -0.2) is 193 Å². The molecular formula is C52H95NO18. The van der Waals surface area contributed by atoms with Gasteiger partial charge in [0.25, 0.3) is 0 Å². The van der Waals surface area contributed by atoms with Gasteiger partial charge in [0.15, 0.2) is 18.9 Å². The summed E-state index contributed by atoms with van der Waals surface area (Å²) in [6.45, 7) is 1.47. The highest BCUT2D eigenvalue weighted by molar-refractivity contribution is 5.76. The minimum Gasteiger partial charge on any atom is -0.394 e. The Bertz CT molecular complexity index is 1410. The van der Waals surface area contributed by atoms with Crippen LogP contribution >= 0.6 is 0 Å². The Morgan fingerprint density at radius 1 is 0.493 bits per heavy atom. The minimum absolute atomic E-state index is 0.241. The van der Waals surface area contributed by atoms with Gasteiger partial charge in [-0.3, -0.25) is 4.79 Å². The molecule has 0 radical (unpaired) electrons. The fourth-order valence-electron chi connectivity index (χ4n) is 9.19. The lowest BCUT2D eigenvalue weighted by Gasteiger charge is -2.48. The van der Waals surface area contributed by atoms with E-state index in [-0.39, 0.29) is 18.9 Å². The van der Waals surface area contributed by atoms with Crippen LogP contribution < -0.4 is 5.32 Å². The van der Waals surface area contributed by atoms with Gasteiger partial charge >= 0.3 is 0 Å². The van der Waals surface area contributed by atoms with Gasteiger partial charge in [-0.15, -0.1) is 0 Å². The van der Waals surface area contributed by atoms with Gasteiger partial charge in [0.2, 0.25) is 5.91 Å². The number of hydrogen-bond acceptors (Lipinski definition) is 18. The Balaban J connectivity index is 1.37. The average molecular weight is 1020 g/mol. The Morgan fingerprint density at radius 3 is 1.39 bits per heavy atom. The number of aliphatic hydroxyl groups is 11. The molecule has 71 heavy (non-hydrogen) atoms. The monoisotopic (exact) mass is 1020 g/mol. The van der Waals surface area contributed by atoms with Crippen molar-refractivity contribution in [2.24, 2.45) is 0 Å². The quantitative estimate of drug-likeness (QED) is 0.0313. The molecule has 416 valence electrons. The number of carbonyl (C=O) groups is 1. The van der Waals surface area contributed by atoms with E-state index in [1.54, 1.807) is 12.2 Å². The van der Waals surface area contributed by atoms with Crippen molar-refractivity contribution in [3.8, 4) is 0 Å². The maximum absolute atomic E-state index is 13.1. The van der Waals surface area contributed by atoms with E-state index >= 15 is 0 Å². The molecular weight excluding hydrogens is 927 g/mol. The summed E-state index contributed by atoms with van der Waals surface area (Å²) in [4.78, 5) is 13.1. The Hall–Kier alpha value is -1.73. The lowest BCUT2D eigenvalue weighted by atomic mass is 9.96. The Kier molecular flexibility index (Phi) is 33.2. The third kappa shape index (κ3) is 22.6. The number of aliphatic hydroxyl groups excluding tert-OH is 11. The van der Waals surface area contributed by atoms with E-state index in [9.17, 15) is 61.0 Å². The van der Waals surface area contributed by atoms with Gasteiger partial charge < -0.3 is 89.9 Å². The van der Waals surface area contributed by atoms with Crippen LogP contribution in [0.1, 0.15) is 168 Å². The van der Waals surface area contributed by atoms with Crippen molar-refractivity contribution < 1.29 is 89.4 Å². The predicted octanol–water partition coefficient (Wildman–Crippen LogP) is 2.81. The summed E-state index contributed by atoms with van der Waals surface area (Å²) < 4.78 is 33.9. The van der Waals surface area contributed by atoms with Crippen molar-refractivity contribution >= 4 is 5.91 Å². The van der Waals surface area contributed by atoms with E-state index < -0.39 is 124 Å². The number of ether oxygens (including phenoxy) is 6. The number of hydrogen-bond donors (Lipinski definition) is 12. The molecule has 0 aromatic heterocycles. The van der Waals surface area contributed by atoms with Gasteiger partial charge in [-0.25, -0.2) is 0 Å². The Morgan fingerprint density at radius 2 is 0.915 bits per heavy atom. The highest BCUT2D eigenvalue weighted by atomic mass is 16.8. The molecule has 3 aliphatic rings. The van der Waals surface area contributed by atoms with Crippen molar-refractivity contribution in [2.45, 2.75) is 272 Å². The van der Waals surface area contributed by atoms with Crippen LogP contribution in [0.15, 0.2) is 24.3 Å². The lowest BCUT2D eigenvalue weighted by molar-refractivity contribution is -0.379. The first-order valence-corrected chi connectivity index (χ1v) is 27.1. The van der Waals surface area contributed by atoms with E-state index in [1.807, 2.05) is 6.92 Å². The number of carbonyl (C=O) groups excluding carboxylic acids is 1. The fourth-order valence-corrected chi connectivity index (χ4v) is 9.19. The number of rotatable bonds is 38. The van der Waals surface area contributed by atoms with Crippen LogP contribution in [0.3, 0.4) is 0 Å². The van der Waals surface area contributed by atoms with Crippen LogP contribution in [0.4, 0.5) is 0 Å². The highest BCUT2D eigenvalue weighted by Crippen LogP contribution is 2.33. The van der Waals surface area contributed by atoms with Crippen LogP contribution in [-0.2, 0) is 33.2 Å². The van der Waals surface area contributed by atoms with E-state index in [2.05, 4.69) is 24.4 Å². The standard InChI is InChI=1S/C52H95NO18/c1-3-5-7-8-9-10-11-12-13-14-15-16-17-18-19-20-21-22-23-24-25-26-28-30-40(58)53-35(36(57)29-27-6-4-2)34-66-50-46(64)43(61)48(38(32-55)68-50)71-52-47(65)44(62)49(39(33-56)69-52)70-51-45(63)42(60)41(59)37(31-54)67-51/h14-15,27,29,35-39,41-52,54-57,59-65H,3-13,16-26,28,30-34H2,1-2H3,(H,53,58)/b15-14-,29-27+. The van der Waals surface area contributed by atoms with Gasteiger partial charge in [0.05, 0.1) is 38.6 Å². The van der Waals surface area contributed by atoms with Gasteiger partial charge in [-0.05, 0) is 38.5 Å². The molecule has 3 aliphatic heterocycles. The predicted molar refractivity (Wildman–Crippen MR) is 263 cm³/mol. The van der Waals surface area contributed by atoms with Crippen LogP contribution in [0, 0.1) is 0 Å². The molecule has 3 fully saturated rings. The normalized spacial score (nSPS) is 32.4. The third-order valence-electron chi connectivity index (χ3n) is 13.7. The van der Waals surface area contributed by atoms with E-state index in [1.165, 1.54) is 109 Å². The summed E-state index contributed by atoms with van der Waals surface area (Å²) in [5, 5.41) is 119. The summed E-state index contributed by atoms with van der Waals surface area (Å²) in [6, 6.07) is -0.966. The van der Waals surface area contributed by atoms with Crippen molar-refractivity contribution in [3.63, 3.8) is 0 Å². The molecule has 3 saturated heterocycles. The number of allylic oxidation sites excluding steroid dienone is 3. The second kappa shape index (κ2) is 37.1. The molecule has 0 bridgehead atoms. The molecule has 17 unspecified atom stereocenters. The first-order chi connectivity index (χ1) is 34.3. The summed E-state index contributed by atoms with van der Waals surface area (Å²) in [7, 11) is 0. The third-order valence-corrected chi connectivity index (χ3v) is 13.7. The largest absolute Gasteiger partial charge is 0.394 e. The van der Waals surface area contributed by atoms with Gasteiger partial charge in [-0.1, -0.05) is 147 Å². The number of amides is 1. The van der Waals surface area contributed by atoms with Crippen LogP contribution in [0.5, 0.6) is 0 Å². The molecule has 0 spiro atoms.